The summed E-state index contributed by atoms with van der Waals surface area (Å²) in [5, 5.41) is 4.58. The predicted octanol–water partition coefficient (Wildman–Crippen LogP) is 2.66. The molecule has 5 heteroatoms. The number of nitrogens with zero attached hydrogens (tertiary/aromatic N) is 4. The van der Waals surface area contributed by atoms with Crippen LogP contribution in [0.15, 0.2) is 4.47 Å². The Morgan fingerprint density at radius 2 is 1.95 bits per heavy atom. The SMILES string of the molecule is CCc1nn(C)c(CN(C)CC2(N(C)C)CCC2)c1Br. The van der Waals surface area contributed by atoms with Gasteiger partial charge < -0.3 is 4.90 Å². The Balaban J connectivity index is 2.05. The molecule has 0 unspecified atom stereocenters. The summed E-state index contributed by atoms with van der Waals surface area (Å²) in [5.41, 5.74) is 2.81. The molecule has 4 nitrogen and oxygen atoms in total. The van der Waals surface area contributed by atoms with Gasteiger partial charge in [0.1, 0.15) is 0 Å². The predicted molar refractivity (Wildman–Crippen MR) is 86.9 cm³/mol. The first-order valence-electron chi connectivity index (χ1n) is 7.46. The maximum absolute atomic E-state index is 4.58. The van der Waals surface area contributed by atoms with E-state index in [4.69, 9.17) is 0 Å². The summed E-state index contributed by atoms with van der Waals surface area (Å²) in [6, 6.07) is 0. The fraction of sp³-hybridized carbons (Fsp3) is 0.800. The number of aromatic nitrogens is 2. The number of aryl methyl sites for hydroxylation is 2. The van der Waals surface area contributed by atoms with Crippen molar-refractivity contribution in [1.29, 1.82) is 0 Å². The minimum Gasteiger partial charge on any atom is -0.302 e. The molecule has 0 radical (unpaired) electrons. The maximum atomic E-state index is 4.58. The molecule has 0 aliphatic heterocycles. The van der Waals surface area contributed by atoms with Gasteiger partial charge >= 0.3 is 0 Å². The maximum Gasteiger partial charge on any atom is 0.0767 e. The molecule has 1 heterocycles. The van der Waals surface area contributed by atoms with Gasteiger partial charge in [0.2, 0.25) is 0 Å². The van der Waals surface area contributed by atoms with Crippen LogP contribution in [0.25, 0.3) is 0 Å². The lowest BCUT2D eigenvalue weighted by atomic mass is 9.75. The summed E-state index contributed by atoms with van der Waals surface area (Å²) in [5.74, 6) is 0. The fourth-order valence-corrected chi connectivity index (χ4v) is 3.88. The van der Waals surface area contributed by atoms with Crippen molar-refractivity contribution >= 4 is 15.9 Å². The topological polar surface area (TPSA) is 24.3 Å². The molecular formula is C15H27BrN4. The van der Waals surface area contributed by atoms with E-state index in [1.165, 1.54) is 29.4 Å². The van der Waals surface area contributed by atoms with E-state index < -0.39 is 0 Å². The van der Waals surface area contributed by atoms with Crippen molar-refractivity contribution in [3.63, 3.8) is 0 Å². The third kappa shape index (κ3) is 2.95. The van der Waals surface area contributed by atoms with Crippen LogP contribution in [0.2, 0.25) is 0 Å². The minimum atomic E-state index is 0.382. The van der Waals surface area contributed by atoms with Crippen LogP contribution in [0.4, 0.5) is 0 Å². The summed E-state index contributed by atoms with van der Waals surface area (Å²) in [6.45, 7) is 4.22. The summed E-state index contributed by atoms with van der Waals surface area (Å²) in [7, 11) is 8.68. The largest absolute Gasteiger partial charge is 0.302 e. The van der Waals surface area contributed by atoms with E-state index >= 15 is 0 Å². The second-order valence-corrected chi connectivity index (χ2v) is 7.12. The molecular weight excluding hydrogens is 316 g/mol. The Morgan fingerprint density at radius 1 is 1.30 bits per heavy atom. The van der Waals surface area contributed by atoms with Crippen LogP contribution < -0.4 is 0 Å². The van der Waals surface area contributed by atoms with Gasteiger partial charge in [0, 0.05) is 25.7 Å². The summed E-state index contributed by atoms with van der Waals surface area (Å²) >= 11 is 3.71. The number of rotatable bonds is 6. The molecule has 2 rings (SSSR count). The van der Waals surface area contributed by atoms with Gasteiger partial charge in [-0.2, -0.15) is 5.10 Å². The second-order valence-electron chi connectivity index (χ2n) is 6.33. The zero-order valence-corrected chi connectivity index (χ0v) is 15.0. The summed E-state index contributed by atoms with van der Waals surface area (Å²) in [6.07, 6.45) is 4.97. The highest BCUT2D eigenvalue weighted by atomic mass is 79.9. The van der Waals surface area contributed by atoms with Gasteiger partial charge in [-0.15, -0.1) is 0 Å². The first kappa shape index (κ1) is 16.0. The summed E-state index contributed by atoms with van der Waals surface area (Å²) < 4.78 is 3.20. The molecule has 1 aliphatic rings. The fourth-order valence-electron chi connectivity index (χ4n) is 3.14. The van der Waals surface area contributed by atoms with E-state index in [0.717, 1.165) is 25.2 Å². The molecule has 1 aliphatic carbocycles. The third-order valence-electron chi connectivity index (χ3n) is 4.72. The molecule has 0 saturated heterocycles. The molecule has 0 aromatic carbocycles. The van der Waals surface area contributed by atoms with Crippen molar-refractivity contribution in [2.45, 2.75) is 44.7 Å². The van der Waals surface area contributed by atoms with Crippen LogP contribution in [0, 0.1) is 0 Å². The Labute approximate surface area is 131 Å². The number of hydrogen-bond acceptors (Lipinski definition) is 3. The molecule has 1 fully saturated rings. The zero-order valence-electron chi connectivity index (χ0n) is 13.4. The van der Waals surface area contributed by atoms with Crippen molar-refractivity contribution in [3.05, 3.63) is 15.9 Å². The lowest BCUT2D eigenvalue weighted by Crippen LogP contribution is -2.56. The molecule has 20 heavy (non-hydrogen) atoms. The van der Waals surface area contributed by atoms with E-state index in [-0.39, 0.29) is 0 Å². The van der Waals surface area contributed by atoms with E-state index in [2.05, 4.69) is 58.9 Å². The molecule has 0 N–H and O–H groups in total. The number of hydrogen-bond donors (Lipinski definition) is 0. The van der Waals surface area contributed by atoms with Gasteiger partial charge in [0.25, 0.3) is 0 Å². The highest BCUT2D eigenvalue weighted by Crippen LogP contribution is 2.37. The average molecular weight is 343 g/mol. The molecule has 0 spiro atoms. The first-order valence-corrected chi connectivity index (χ1v) is 8.25. The monoisotopic (exact) mass is 342 g/mol. The van der Waals surface area contributed by atoms with Crippen LogP contribution in [0.3, 0.4) is 0 Å². The Hall–Kier alpha value is -0.390. The first-order chi connectivity index (χ1) is 9.39. The van der Waals surface area contributed by atoms with Crippen molar-refractivity contribution in [1.82, 2.24) is 19.6 Å². The van der Waals surface area contributed by atoms with Crippen molar-refractivity contribution in [2.75, 3.05) is 27.7 Å². The number of likely N-dealkylation sites (N-methyl/N-ethyl adjacent to an activating group) is 2. The standard InChI is InChI=1S/C15H27BrN4/c1-6-12-14(16)13(20(5)17-12)10-19(4)11-15(18(2)3)8-7-9-15/h6-11H2,1-5H3. The molecule has 114 valence electrons. The normalized spacial score (nSPS) is 17.8. The zero-order chi connectivity index (χ0) is 14.9. The molecule has 1 saturated carbocycles. The second kappa shape index (κ2) is 6.16. The Morgan fingerprint density at radius 3 is 2.35 bits per heavy atom. The lowest BCUT2D eigenvalue weighted by molar-refractivity contribution is 0.0253. The Kier molecular flexibility index (Phi) is 4.92. The molecule has 0 amide bonds. The quantitative estimate of drug-likeness (QED) is 0.794. The van der Waals surface area contributed by atoms with Gasteiger partial charge in [0.05, 0.1) is 15.9 Å². The van der Waals surface area contributed by atoms with Crippen molar-refractivity contribution < 1.29 is 0 Å². The molecule has 1 aromatic rings. The van der Waals surface area contributed by atoms with Gasteiger partial charge in [-0.05, 0) is 62.8 Å². The van der Waals surface area contributed by atoms with E-state index in [9.17, 15) is 0 Å². The van der Waals surface area contributed by atoms with Crippen molar-refractivity contribution in [2.24, 2.45) is 7.05 Å². The minimum absolute atomic E-state index is 0.382. The smallest absolute Gasteiger partial charge is 0.0767 e. The van der Waals surface area contributed by atoms with Gasteiger partial charge in [-0.25, -0.2) is 0 Å². The van der Waals surface area contributed by atoms with E-state index in [0.29, 0.717) is 5.54 Å². The van der Waals surface area contributed by atoms with Crippen molar-refractivity contribution in [3.8, 4) is 0 Å². The van der Waals surface area contributed by atoms with E-state index in [1.54, 1.807) is 0 Å². The van der Waals surface area contributed by atoms with Crippen LogP contribution in [0.1, 0.15) is 37.6 Å². The highest BCUT2D eigenvalue weighted by molar-refractivity contribution is 9.10. The third-order valence-corrected chi connectivity index (χ3v) is 5.64. The highest BCUT2D eigenvalue weighted by Gasteiger charge is 2.39. The number of halogens is 1. The van der Waals surface area contributed by atoms with Crippen LogP contribution in [-0.2, 0) is 20.0 Å². The van der Waals surface area contributed by atoms with Crippen LogP contribution in [0.5, 0.6) is 0 Å². The Bertz CT molecular complexity index is 463. The van der Waals surface area contributed by atoms with Gasteiger partial charge in [-0.1, -0.05) is 6.92 Å². The summed E-state index contributed by atoms with van der Waals surface area (Å²) in [4.78, 5) is 4.84. The molecule has 0 atom stereocenters. The van der Waals surface area contributed by atoms with Crippen LogP contribution >= 0.6 is 15.9 Å². The van der Waals surface area contributed by atoms with Gasteiger partial charge in [-0.3, -0.25) is 9.58 Å². The van der Waals surface area contributed by atoms with Gasteiger partial charge in [0.15, 0.2) is 0 Å². The average Bonchev–Trinajstić information content (AvgIpc) is 2.60. The van der Waals surface area contributed by atoms with E-state index in [1.807, 2.05) is 11.7 Å². The lowest BCUT2D eigenvalue weighted by Gasteiger charge is -2.49. The molecule has 0 bridgehead atoms. The van der Waals surface area contributed by atoms with Crippen LogP contribution in [-0.4, -0.2) is 52.8 Å². The molecule has 1 aromatic heterocycles.